The second-order valence-electron chi connectivity index (χ2n) is 4.01. The highest BCUT2D eigenvalue weighted by molar-refractivity contribution is 6.34. The third-order valence-electron chi connectivity index (χ3n) is 2.59. The lowest BCUT2D eigenvalue weighted by atomic mass is 10.1. The van der Waals surface area contributed by atoms with Gasteiger partial charge in [0.15, 0.2) is 0 Å². The zero-order chi connectivity index (χ0) is 14.0. The molecule has 1 heterocycles. The molecule has 0 atom stereocenters. The SMILES string of the molecule is CCc1c(Cl)nc(Cc2cc(F)cc(F)c2)nc1Cl. The molecule has 0 amide bonds. The standard InChI is InChI=1S/C13H10Cl2F2N2/c1-2-10-12(14)18-11(19-13(10)15)5-7-3-8(16)6-9(17)4-7/h3-4,6H,2,5H2,1H3. The van der Waals surface area contributed by atoms with Gasteiger partial charge < -0.3 is 0 Å². The van der Waals surface area contributed by atoms with E-state index in [2.05, 4.69) is 9.97 Å². The number of hydrogen-bond acceptors (Lipinski definition) is 2. The molecule has 0 aliphatic heterocycles. The fourth-order valence-electron chi connectivity index (χ4n) is 1.74. The molecule has 0 radical (unpaired) electrons. The molecule has 6 heteroatoms. The van der Waals surface area contributed by atoms with Crippen LogP contribution in [0, 0.1) is 11.6 Å². The molecule has 0 spiro atoms. The molecular weight excluding hydrogens is 293 g/mol. The molecule has 1 aromatic heterocycles. The molecule has 0 fully saturated rings. The zero-order valence-corrected chi connectivity index (χ0v) is 11.6. The van der Waals surface area contributed by atoms with E-state index in [-0.39, 0.29) is 16.7 Å². The fraction of sp³-hybridized carbons (Fsp3) is 0.231. The minimum atomic E-state index is -0.641. The lowest BCUT2D eigenvalue weighted by Gasteiger charge is -2.06. The van der Waals surface area contributed by atoms with Crippen LogP contribution >= 0.6 is 23.2 Å². The van der Waals surface area contributed by atoms with Crippen LogP contribution < -0.4 is 0 Å². The molecule has 19 heavy (non-hydrogen) atoms. The average Bonchev–Trinajstić information content (AvgIpc) is 2.26. The van der Waals surface area contributed by atoms with E-state index in [1.165, 1.54) is 12.1 Å². The van der Waals surface area contributed by atoms with Crippen molar-refractivity contribution in [3.8, 4) is 0 Å². The molecule has 0 saturated heterocycles. The van der Waals surface area contributed by atoms with Gasteiger partial charge in [-0.2, -0.15) is 0 Å². The summed E-state index contributed by atoms with van der Waals surface area (Å²) in [5.74, 6) is -0.952. The van der Waals surface area contributed by atoms with Gasteiger partial charge in [0.1, 0.15) is 27.8 Å². The summed E-state index contributed by atoms with van der Waals surface area (Å²) >= 11 is 12.0. The number of halogens is 4. The van der Waals surface area contributed by atoms with Crippen molar-refractivity contribution in [3.63, 3.8) is 0 Å². The Balaban J connectivity index is 2.33. The first-order chi connectivity index (χ1) is 8.99. The van der Waals surface area contributed by atoms with Gasteiger partial charge in [-0.1, -0.05) is 30.1 Å². The largest absolute Gasteiger partial charge is 0.220 e. The summed E-state index contributed by atoms with van der Waals surface area (Å²) in [5.41, 5.74) is 1.09. The maximum Gasteiger partial charge on any atom is 0.137 e. The van der Waals surface area contributed by atoms with Gasteiger partial charge in [-0.25, -0.2) is 18.7 Å². The first-order valence-electron chi connectivity index (χ1n) is 5.65. The summed E-state index contributed by atoms with van der Waals surface area (Å²) in [5, 5.41) is 0.545. The van der Waals surface area contributed by atoms with Crippen molar-refractivity contribution in [2.24, 2.45) is 0 Å². The Morgan fingerprint density at radius 2 is 1.53 bits per heavy atom. The highest BCUT2D eigenvalue weighted by Gasteiger charge is 2.11. The van der Waals surface area contributed by atoms with Crippen molar-refractivity contribution >= 4 is 23.2 Å². The molecule has 0 aliphatic carbocycles. The van der Waals surface area contributed by atoms with E-state index in [4.69, 9.17) is 23.2 Å². The van der Waals surface area contributed by atoms with Crippen molar-refractivity contribution in [2.75, 3.05) is 0 Å². The summed E-state index contributed by atoms with van der Waals surface area (Å²) < 4.78 is 26.2. The second-order valence-corrected chi connectivity index (χ2v) is 4.72. The summed E-state index contributed by atoms with van der Waals surface area (Å²) in [4.78, 5) is 8.17. The predicted molar refractivity (Wildman–Crippen MR) is 70.6 cm³/mol. The third-order valence-corrected chi connectivity index (χ3v) is 3.22. The van der Waals surface area contributed by atoms with E-state index < -0.39 is 11.6 Å². The lowest BCUT2D eigenvalue weighted by molar-refractivity contribution is 0.580. The van der Waals surface area contributed by atoms with Crippen LogP contribution in [0.4, 0.5) is 8.78 Å². The monoisotopic (exact) mass is 302 g/mol. The summed E-state index contributed by atoms with van der Waals surface area (Å²) in [6, 6.07) is 3.26. The molecule has 0 bridgehead atoms. The van der Waals surface area contributed by atoms with Crippen molar-refractivity contribution in [3.05, 3.63) is 57.1 Å². The smallest absolute Gasteiger partial charge is 0.137 e. The Morgan fingerprint density at radius 1 is 1.00 bits per heavy atom. The van der Waals surface area contributed by atoms with E-state index in [1.807, 2.05) is 6.92 Å². The van der Waals surface area contributed by atoms with Gasteiger partial charge in [-0.05, 0) is 24.1 Å². The summed E-state index contributed by atoms with van der Waals surface area (Å²) in [7, 11) is 0. The quantitative estimate of drug-likeness (QED) is 0.794. The Kier molecular flexibility index (Phi) is 4.32. The maximum atomic E-state index is 13.1. The van der Waals surface area contributed by atoms with Gasteiger partial charge in [0.05, 0.1) is 0 Å². The van der Waals surface area contributed by atoms with Crippen LogP contribution in [0.15, 0.2) is 18.2 Å². The predicted octanol–water partition coefficient (Wildman–Crippen LogP) is 4.21. The first kappa shape index (κ1) is 14.2. The summed E-state index contributed by atoms with van der Waals surface area (Å²) in [6.07, 6.45) is 0.782. The van der Waals surface area contributed by atoms with Crippen molar-refractivity contribution in [1.29, 1.82) is 0 Å². The zero-order valence-electron chi connectivity index (χ0n) is 10.1. The first-order valence-corrected chi connectivity index (χ1v) is 6.41. The van der Waals surface area contributed by atoms with Crippen LogP contribution in [0.1, 0.15) is 23.9 Å². The Morgan fingerprint density at radius 3 is 2.00 bits per heavy atom. The summed E-state index contributed by atoms with van der Waals surface area (Å²) in [6.45, 7) is 1.89. The van der Waals surface area contributed by atoms with Crippen LogP contribution in [0.25, 0.3) is 0 Å². The highest BCUT2D eigenvalue weighted by Crippen LogP contribution is 2.22. The number of nitrogens with zero attached hydrogens (tertiary/aromatic N) is 2. The number of hydrogen-bond donors (Lipinski definition) is 0. The van der Waals surface area contributed by atoms with Gasteiger partial charge in [0.25, 0.3) is 0 Å². The number of rotatable bonds is 3. The van der Waals surface area contributed by atoms with E-state index in [9.17, 15) is 8.78 Å². The average molecular weight is 303 g/mol. The van der Waals surface area contributed by atoms with Crippen LogP contribution in [0.5, 0.6) is 0 Å². The van der Waals surface area contributed by atoms with Crippen molar-refractivity contribution < 1.29 is 8.78 Å². The minimum Gasteiger partial charge on any atom is -0.220 e. The Hall–Kier alpha value is -1.26. The minimum absolute atomic E-state index is 0.165. The van der Waals surface area contributed by atoms with Gasteiger partial charge >= 0.3 is 0 Å². The number of aromatic nitrogens is 2. The topological polar surface area (TPSA) is 25.8 Å². The molecule has 0 saturated carbocycles. The van der Waals surface area contributed by atoms with Crippen molar-refractivity contribution in [2.45, 2.75) is 19.8 Å². The molecule has 2 rings (SSSR count). The van der Waals surface area contributed by atoms with Crippen LogP contribution in [-0.2, 0) is 12.8 Å². The Labute approximate surface area is 119 Å². The normalized spacial score (nSPS) is 10.8. The molecule has 1 aromatic carbocycles. The molecule has 0 unspecified atom stereocenters. The van der Waals surface area contributed by atoms with Gasteiger partial charge in [0, 0.05) is 18.1 Å². The molecule has 0 aliphatic rings. The van der Waals surface area contributed by atoms with Gasteiger partial charge in [-0.3, -0.25) is 0 Å². The van der Waals surface area contributed by atoms with E-state index in [0.717, 1.165) is 6.07 Å². The Bertz CT molecular complexity index is 574. The van der Waals surface area contributed by atoms with Gasteiger partial charge in [0.2, 0.25) is 0 Å². The van der Waals surface area contributed by atoms with Crippen LogP contribution in [0.3, 0.4) is 0 Å². The van der Waals surface area contributed by atoms with E-state index in [1.54, 1.807) is 0 Å². The van der Waals surface area contributed by atoms with Crippen LogP contribution in [-0.4, -0.2) is 9.97 Å². The highest BCUT2D eigenvalue weighted by atomic mass is 35.5. The second kappa shape index (κ2) is 5.80. The molecule has 0 N–H and O–H groups in total. The molecule has 100 valence electrons. The van der Waals surface area contributed by atoms with Gasteiger partial charge in [-0.15, -0.1) is 0 Å². The van der Waals surface area contributed by atoms with E-state index >= 15 is 0 Å². The third kappa shape index (κ3) is 3.39. The van der Waals surface area contributed by atoms with E-state index in [0.29, 0.717) is 23.4 Å². The number of benzene rings is 1. The molecule has 2 nitrogen and oxygen atoms in total. The molecular formula is C13H10Cl2F2N2. The maximum absolute atomic E-state index is 13.1. The van der Waals surface area contributed by atoms with Crippen molar-refractivity contribution in [1.82, 2.24) is 9.97 Å². The lowest BCUT2D eigenvalue weighted by Crippen LogP contribution is -2.02. The fourth-order valence-corrected chi connectivity index (χ4v) is 2.43. The molecule has 2 aromatic rings. The van der Waals surface area contributed by atoms with Crippen LogP contribution in [0.2, 0.25) is 10.3 Å².